The third kappa shape index (κ3) is 3.07. The number of hydrogen-bond donors (Lipinski definition) is 0. The van der Waals surface area contributed by atoms with Crippen LogP contribution in [-0.4, -0.2) is 9.97 Å². The van der Waals surface area contributed by atoms with Gasteiger partial charge >= 0.3 is 18.9 Å². The summed E-state index contributed by atoms with van der Waals surface area (Å²) in [5.41, 5.74) is 0. The first-order chi connectivity index (χ1) is 3.79. The second-order valence-corrected chi connectivity index (χ2v) is 1.80. The van der Waals surface area contributed by atoms with Gasteiger partial charge < -0.3 is 6.07 Å². The van der Waals surface area contributed by atoms with E-state index in [1.165, 1.54) is 6.33 Å². The number of halogens is 2. The van der Waals surface area contributed by atoms with Gasteiger partial charge in [0.2, 0.25) is 0 Å². The van der Waals surface area contributed by atoms with Crippen molar-refractivity contribution in [2.45, 2.75) is 0 Å². The normalized spacial score (nSPS) is 8.22. The summed E-state index contributed by atoms with van der Waals surface area (Å²) < 4.78 is 0. The van der Waals surface area contributed by atoms with Crippen molar-refractivity contribution >= 4 is 23.2 Å². The molecule has 1 heterocycles. The molecule has 0 amide bonds. The fourth-order valence-corrected chi connectivity index (χ4v) is 0.595. The van der Waals surface area contributed by atoms with Gasteiger partial charge in [-0.1, -0.05) is 0 Å². The van der Waals surface area contributed by atoms with Crippen LogP contribution in [0.4, 0.5) is 0 Å². The number of nitrogens with zero attached hydrogens (tertiary/aromatic N) is 2. The van der Waals surface area contributed by atoms with E-state index in [1.807, 2.05) is 0 Å². The maximum absolute atomic E-state index is 5.35. The van der Waals surface area contributed by atoms with E-state index in [2.05, 4.69) is 16.0 Å². The Hall–Kier alpha value is 0.257. The monoisotopic (exact) mass is 154 g/mol. The Bertz CT molecular complexity index is 176. The summed E-state index contributed by atoms with van der Waals surface area (Å²) in [6, 6.07) is 2.48. The molecule has 2 nitrogen and oxygen atoms in total. The number of aromatic nitrogens is 2. The Labute approximate surface area is 74.8 Å². The van der Waals surface area contributed by atoms with Crippen molar-refractivity contribution < 1.29 is 18.9 Å². The van der Waals surface area contributed by atoms with Crippen molar-refractivity contribution in [3.8, 4) is 0 Å². The van der Waals surface area contributed by atoms with Gasteiger partial charge in [0, 0.05) is 0 Å². The van der Waals surface area contributed by atoms with E-state index in [9.17, 15) is 0 Å². The summed E-state index contributed by atoms with van der Waals surface area (Å²) in [5.74, 6) is 0. The zero-order valence-electron chi connectivity index (χ0n) is 4.73. The van der Waals surface area contributed by atoms with Crippen LogP contribution in [0.2, 0.25) is 10.3 Å². The van der Waals surface area contributed by atoms with E-state index in [-0.39, 0.29) is 29.2 Å². The van der Waals surface area contributed by atoms with Gasteiger partial charge in [0.15, 0.2) is 0 Å². The summed E-state index contributed by atoms with van der Waals surface area (Å²) in [6.07, 6.45) is 1.28. The van der Waals surface area contributed by atoms with Crippen molar-refractivity contribution in [3.05, 3.63) is 22.7 Å². The molecule has 0 unspecified atom stereocenters. The summed E-state index contributed by atoms with van der Waals surface area (Å²) in [4.78, 5) is 7.11. The zero-order valence-corrected chi connectivity index (χ0v) is 6.24. The minimum atomic E-state index is 0. The van der Waals surface area contributed by atoms with Crippen LogP contribution in [0, 0.1) is 6.07 Å². The minimum Gasteiger partial charge on any atom is -0.393 e. The van der Waals surface area contributed by atoms with Gasteiger partial charge in [-0.2, -0.15) is 0 Å². The van der Waals surface area contributed by atoms with Gasteiger partial charge in [-0.25, -0.2) is 0 Å². The molecule has 1 aromatic heterocycles. The molecule has 42 valence electrons. The molecule has 0 atom stereocenters. The minimum absolute atomic E-state index is 0. The Kier molecular flexibility index (Phi) is 4.25. The van der Waals surface area contributed by atoms with Crippen LogP contribution in [-0.2, 0) is 0 Å². The molecule has 0 aromatic carbocycles. The van der Waals surface area contributed by atoms with Gasteiger partial charge in [-0.3, -0.25) is 9.97 Å². The Morgan fingerprint density at radius 1 is 1.22 bits per heavy atom. The molecule has 5 heteroatoms. The smallest absolute Gasteiger partial charge is 0.393 e. The molecule has 0 N–H and O–H groups in total. The third-order valence-electron chi connectivity index (χ3n) is 0.548. The fourth-order valence-electron chi connectivity index (χ4n) is 0.280. The molecule has 1 aromatic rings. The molecule has 0 aliphatic carbocycles. The average molecular weight is 155 g/mol. The van der Waals surface area contributed by atoms with E-state index in [0.717, 1.165) is 0 Å². The fraction of sp³-hybridized carbons (Fsp3) is 0. The second kappa shape index (κ2) is 4.13. The summed E-state index contributed by atoms with van der Waals surface area (Å²) in [5, 5.41) is 0.481. The van der Waals surface area contributed by atoms with Crippen molar-refractivity contribution in [3.63, 3.8) is 0 Å². The van der Waals surface area contributed by atoms with Crippen molar-refractivity contribution in [2.24, 2.45) is 0 Å². The topological polar surface area (TPSA) is 25.8 Å². The largest absolute Gasteiger partial charge is 1.00 e. The standard InChI is InChI=1S/C4HCl2N2.Li/c5-3-1-4(6)8-2-7-3;/h2H;/q-1;+1. The molecule has 0 fully saturated rings. The van der Waals surface area contributed by atoms with E-state index in [1.54, 1.807) is 0 Å². The molecular weight excluding hydrogens is 154 g/mol. The molecule has 0 radical (unpaired) electrons. The summed E-state index contributed by atoms with van der Waals surface area (Å²) >= 11 is 10.7. The van der Waals surface area contributed by atoms with Gasteiger partial charge in [-0.15, -0.1) is 23.2 Å². The molecule has 9 heavy (non-hydrogen) atoms. The van der Waals surface area contributed by atoms with Crippen LogP contribution >= 0.6 is 23.2 Å². The Morgan fingerprint density at radius 2 is 1.67 bits per heavy atom. The third-order valence-corrected chi connectivity index (χ3v) is 0.933. The number of hydrogen-bond acceptors (Lipinski definition) is 2. The van der Waals surface area contributed by atoms with E-state index in [4.69, 9.17) is 23.2 Å². The van der Waals surface area contributed by atoms with Gasteiger partial charge in [0.25, 0.3) is 0 Å². The Balaban J connectivity index is 0.000000640. The first kappa shape index (κ1) is 9.26. The van der Waals surface area contributed by atoms with Gasteiger partial charge in [0.1, 0.15) is 6.33 Å². The molecule has 0 aliphatic rings. The van der Waals surface area contributed by atoms with Crippen LogP contribution in [0.15, 0.2) is 6.33 Å². The van der Waals surface area contributed by atoms with Gasteiger partial charge in [-0.05, 0) is 10.3 Å². The number of rotatable bonds is 0. The SMILES string of the molecule is Clc1[c-]c(Cl)ncn1.[Li+]. The van der Waals surface area contributed by atoms with Crippen LogP contribution in [0.5, 0.6) is 0 Å². The Morgan fingerprint density at radius 3 is 1.89 bits per heavy atom. The zero-order chi connectivity index (χ0) is 5.98. The molecule has 0 aliphatic heterocycles. The maximum atomic E-state index is 5.35. The quantitative estimate of drug-likeness (QED) is 0.261. The first-order valence-corrected chi connectivity index (χ1v) is 2.60. The van der Waals surface area contributed by atoms with Crippen molar-refractivity contribution in [1.82, 2.24) is 9.97 Å². The summed E-state index contributed by atoms with van der Waals surface area (Å²) in [7, 11) is 0. The molecule has 1 rings (SSSR count). The molecule has 0 spiro atoms. The maximum Gasteiger partial charge on any atom is 1.00 e. The van der Waals surface area contributed by atoms with Crippen LogP contribution in [0.1, 0.15) is 0 Å². The predicted molar refractivity (Wildman–Crippen MR) is 30.9 cm³/mol. The first-order valence-electron chi connectivity index (χ1n) is 1.84. The molecular formula is C4HCl2LiN2. The van der Waals surface area contributed by atoms with E-state index in [0.29, 0.717) is 0 Å². The summed E-state index contributed by atoms with van der Waals surface area (Å²) in [6.45, 7) is 0. The average Bonchev–Trinajstić information content (AvgIpc) is 1.64. The second-order valence-electron chi connectivity index (χ2n) is 1.08. The van der Waals surface area contributed by atoms with Crippen LogP contribution < -0.4 is 18.9 Å². The predicted octanol–water partition coefficient (Wildman–Crippen LogP) is -1.41. The van der Waals surface area contributed by atoms with Crippen molar-refractivity contribution in [1.29, 1.82) is 0 Å². The van der Waals surface area contributed by atoms with Crippen LogP contribution in [0.25, 0.3) is 0 Å². The van der Waals surface area contributed by atoms with E-state index < -0.39 is 0 Å². The molecule has 0 saturated carbocycles. The van der Waals surface area contributed by atoms with Crippen molar-refractivity contribution in [2.75, 3.05) is 0 Å². The van der Waals surface area contributed by atoms with Gasteiger partial charge in [0.05, 0.1) is 0 Å². The molecule has 0 bridgehead atoms. The van der Waals surface area contributed by atoms with E-state index >= 15 is 0 Å². The molecule has 0 saturated heterocycles. The van der Waals surface area contributed by atoms with Crippen LogP contribution in [0.3, 0.4) is 0 Å².